The maximum Gasteiger partial charge on any atom is 0.358 e. The van der Waals surface area contributed by atoms with Crippen molar-refractivity contribution >= 4 is 17.1 Å². The van der Waals surface area contributed by atoms with Gasteiger partial charge in [-0.25, -0.2) is 14.8 Å². The lowest BCUT2D eigenvalue weighted by Gasteiger charge is -2.10. The summed E-state index contributed by atoms with van der Waals surface area (Å²) in [5, 5.41) is 0. The summed E-state index contributed by atoms with van der Waals surface area (Å²) >= 11 is 0. The van der Waals surface area contributed by atoms with Crippen molar-refractivity contribution in [2.75, 3.05) is 14.2 Å². The van der Waals surface area contributed by atoms with E-state index in [1.807, 2.05) is 42.5 Å². The van der Waals surface area contributed by atoms with Crippen molar-refractivity contribution in [3.63, 3.8) is 0 Å². The molecule has 0 spiro atoms. The molecule has 2 aromatic heterocycles. The smallest absolute Gasteiger partial charge is 0.358 e. The largest absolute Gasteiger partial charge is 0.496 e. The third-order valence-electron chi connectivity index (χ3n) is 4.21. The molecule has 0 fully saturated rings. The second-order valence-electron chi connectivity index (χ2n) is 5.94. The number of hydrogen-bond donors (Lipinski definition) is 0. The Morgan fingerprint density at radius 3 is 2.81 bits per heavy atom. The van der Waals surface area contributed by atoms with Gasteiger partial charge in [0.2, 0.25) is 5.89 Å². The van der Waals surface area contributed by atoms with Crippen LogP contribution in [-0.4, -0.2) is 34.7 Å². The summed E-state index contributed by atoms with van der Waals surface area (Å²) in [6, 6.07) is 13.4. The lowest BCUT2D eigenvalue weighted by Crippen LogP contribution is -2.02. The first kappa shape index (κ1) is 16.8. The van der Waals surface area contributed by atoms with Crippen LogP contribution in [0.25, 0.3) is 22.6 Å². The van der Waals surface area contributed by atoms with Gasteiger partial charge < -0.3 is 18.5 Å². The van der Waals surface area contributed by atoms with Crippen molar-refractivity contribution in [2.24, 2.45) is 0 Å². The molecule has 0 N–H and O–H groups in total. The van der Waals surface area contributed by atoms with Gasteiger partial charge >= 0.3 is 5.97 Å². The number of para-hydroxylation sites is 2. The highest BCUT2D eigenvalue weighted by Crippen LogP contribution is 2.29. The van der Waals surface area contributed by atoms with Gasteiger partial charge in [0.05, 0.1) is 27.1 Å². The van der Waals surface area contributed by atoms with Crippen LogP contribution >= 0.6 is 0 Å². The van der Waals surface area contributed by atoms with Gasteiger partial charge in [0, 0.05) is 17.3 Å². The van der Waals surface area contributed by atoms with Crippen molar-refractivity contribution in [1.82, 2.24) is 14.5 Å². The molecule has 0 atom stereocenters. The fourth-order valence-corrected chi connectivity index (χ4v) is 2.86. The Bertz CT molecular complexity index is 1080. The van der Waals surface area contributed by atoms with Gasteiger partial charge in [-0.2, -0.15) is 0 Å². The molecule has 0 unspecified atom stereocenters. The van der Waals surface area contributed by atoms with Gasteiger partial charge in [0.1, 0.15) is 11.3 Å². The maximum absolute atomic E-state index is 11.5. The molecule has 7 heteroatoms. The molecule has 7 nitrogen and oxygen atoms in total. The van der Waals surface area contributed by atoms with Crippen LogP contribution in [0.4, 0.5) is 0 Å². The van der Waals surface area contributed by atoms with Gasteiger partial charge in [0.25, 0.3) is 0 Å². The number of nitrogens with zero attached hydrogens (tertiary/aromatic N) is 3. The SMILES string of the molecule is COC(=O)c1cn(Cc2ccc(-c3nc4ccccc4o3)cc2OC)cn1. The van der Waals surface area contributed by atoms with E-state index in [1.54, 1.807) is 24.2 Å². The topological polar surface area (TPSA) is 79.4 Å². The zero-order valence-electron chi connectivity index (χ0n) is 14.9. The average molecular weight is 363 g/mol. The van der Waals surface area contributed by atoms with Crippen molar-refractivity contribution < 1.29 is 18.7 Å². The van der Waals surface area contributed by atoms with Crippen molar-refractivity contribution in [2.45, 2.75) is 6.54 Å². The van der Waals surface area contributed by atoms with E-state index in [2.05, 4.69) is 14.7 Å². The number of aromatic nitrogens is 3. The molecule has 27 heavy (non-hydrogen) atoms. The van der Waals surface area contributed by atoms with E-state index in [0.29, 0.717) is 18.2 Å². The number of esters is 1. The molecule has 4 rings (SSSR count). The molecule has 2 aromatic carbocycles. The quantitative estimate of drug-likeness (QED) is 0.505. The van der Waals surface area contributed by atoms with E-state index in [4.69, 9.17) is 9.15 Å². The van der Waals surface area contributed by atoms with Crippen molar-refractivity contribution in [3.8, 4) is 17.2 Å². The maximum atomic E-state index is 11.5. The lowest BCUT2D eigenvalue weighted by molar-refractivity contribution is 0.0594. The number of hydrogen-bond acceptors (Lipinski definition) is 6. The summed E-state index contributed by atoms with van der Waals surface area (Å²) in [5.41, 5.74) is 3.58. The molecule has 0 aliphatic carbocycles. The Balaban J connectivity index is 1.63. The van der Waals surface area contributed by atoms with Crippen molar-refractivity contribution in [1.29, 1.82) is 0 Å². The van der Waals surface area contributed by atoms with Crippen LogP contribution in [0.5, 0.6) is 5.75 Å². The van der Waals surface area contributed by atoms with Crippen LogP contribution in [0.2, 0.25) is 0 Å². The monoisotopic (exact) mass is 363 g/mol. The number of ether oxygens (including phenoxy) is 2. The second-order valence-corrected chi connectivity index (χ2v) is 5.94. The third kappa shape index (κ3) is 3.27. The molecule has 0 amide bonds. The molecule has 0 radical (unpaired) electrons. The number of benzene rings is 2. The Labute approximate surface area is 155 Å². The number of fused-ring (bicyclic) bond motifs is 1. The number of carbonyl (C=O) groups excluding carboxylic acids is 1. The minimum Gasteiger partial charge on any atom is -0.496 e. The van der Waals surface area contributed by atoms with Crippen LogP contribution in [0, 0.1) is 0 Å². The van der Waals surface area contributed by atoms with Crippen LogP contribution in [0.3, 0.4) is 0 Å². The van der Waals surface area contributed by atoms with Gasteiger partial charge in [0.15, 0.2) is 11.3 Å². The molecule has 0 aliphatic heterocycles. The minimum absolute atomic E-state index is 0.263. The summed E-state index contributed by atoms with van der Waals surface area (Å²) in [5.74, 6) is 0.770. The molecule has 2 heterocycles. The normalized spacial score (nSPS) is 10.9. The molecule has 4 aromatic rings. The standard InChI is InChI=1S/C20H17N3O4/c1-25-18-9-13(19-22-15-5-3-4-6-17(15)27-19)7-8-14(18)10-23-11-16(21-12-23)20(24)26-2/h3-9,11-12H,10H2,1-2H3. The van der Waals surface area contributed by atoms with Crippen molar-refractivity contribution in [3.05, 3.63) is 66.2 Å². The Hall–Kier alpha value is -3.61. The van der Waals surface area contributed by atoms with Gasteiger partial charge in [-0.05, 0) is 24.3 Å². The van der Waals surface area contributed by atoms with E-state index in [0.717, 1.165) is 22.2 Å². The predicted molar refractivity (Wildman–Crippen MR) is 98.7 cm³/mol. The second kappa shape index (κ2) is 6.95. The summed E-state index contributed by atoms with van der Waals surface area (Å²) in [6.07, 6.45) is 3.22. The number of rotatable bonds is 5. The zero-order chi connectivity index (χ0) is 18.8. The zero-order valence-corrected chi connectivity index (χ0v) is 14.9. The first-order valence-electron chi connectivity index (χ1n) is 8.31. The molecular weight excluding hydrogens is 346 g/mol. The highest BCUT2D eigenvalue weighted by molar-refractivity contribution is 5.86. The molecule has 0 saturated carbocycles. The van der Waals surface area contributed by atoms with Crippen LogP contribution < -0.4 is 4.74 Å². The Morgan fingerprint density at radius 2 is 2.04 bits per heavy atom. The lowest BCUT2D eigenvalue weighted by atomic mass is 10.1. The highest BCUT2D eigenvalue weighted by atomic mass is 16.5. The summed E-state index contributed by atoms with van der Waals surface area (Å²) < 4.78 is 17.8. The summed E-state index contributed by atoms with van der Waals surface area (Å²) in [4.78, 5) is 20.1. The van der Waals surface area contributed by atoms with Crippen LogP contribution in [-0.2, 0) is 11.3 Å². The van der Waals surface area contributed by atoms with Gasteiger partial charge in [-0.15, -0.1) is 0 Å². The first-order valence-corrected chi connectivity index (χ1v) is 8.31. The molecular formula is C20H17N3O4. The number of oxazole rings is 1. The molecule has 0 bridgehead atoms. The van der Waals surface area contributed by atoms with Gasteiger partial charge in [-0.3, -0.25) is 0 Å². The third-order valence-corrected chi connectivity index (χ3v) is 4.21. The van der Waals surface area contributed by atoms with E-state index in [-0.39, 0.29) is 5.69 Å². The summed E-state index contributed by atoms with van der Waals surface area (Å²) in [7, 11) is 2.94. The molecule has 0 aliphatic rings. The number of methoxy groups -OCH3 is 2. The summed E-state index contributed by atoms with van der Waals surface area (Å²) in [6.45, 7) is 0.501. The number of imidazole rings is 1. The first-order chi connectivity index (χ1) is 13.2. The Kier molecular flexibility index (Phi) is 4.33. The molecule has 0 saturated heterocycles. The number of carbonyl (C=O) groups is 1. The predicted octanol–water partition coefficient (Wildman–Crippen LogP) is 3.53. The van der Waals surface area contributed by atoms with Crippen LogP contribution in [0.15, 0.2) is 59.4 Å². The van der Waals surface area contributed by atoms with E-state index in [9.17, 15) is 4.79 Å². The van der Waals surface area contributed by atoms with E-state index < -0.39 is 5.97 Å². The molecule has 136 valence electrons. The average Bonchev–Trinajstić information content (AvgIpc) is 3.34. The highest BCUT2D eigenvalue weighted by Gasteiger charge is 2.13. The Morgan fingerprint density at radius 1 is 1.19 bits per heavy atom. The van der Waals surface area contributed by atoms with E-state index in [1.165, 1.54) is 7.11 Å². The van der Waals surface area contributed by atoms with Gasteiger partial charge in [-0.1, -0.05) is 18.2 Å². The van der Waals surface area contributed by atoms with E-state index >= 15 is 0 Å². The van der Waals surface area contributed by atoms with Crippen LogP contribution in [0.1, 0.15) is 16.1 Å². The fourth-order valence-electron chi connectivity index (χ4n) is 2.86. The fraction of sp³-hybridized carbons (Fsp3) is 0.150. The minimum atomic E-state index is -0.466.